The number of likely N-dealkylation sites (N-methyl/N-ethyl adjacent to an activating group) is 1. The maximum absolute atomic E-state index is 13.6. The quantitative estimate of drug-likeness (QED) is 0.540. The van der Waals surface area contributed by atoms with Gasteiger partial charge in [-0.05, 0) is 64.5 Å². The minimum Gasteiger partial charge on any atom is -0.357 e. The fourth-order valence-corrected chi connectivity index (χ4v) is 3.59. The van der Waals surface area contributed by atoms with E-state index in [2.05, 4.69) is 34.3 Å². The number of hydrogen-bond donors (Lipinski definition) is 2. The molecule has 1 fully saturated rings. The molecule has 1 aromatic rings. The summed E-state index contributed by atoms with van der Waals surface area (Å²) in [7, 11) is 4.02. The summed E-state index contributed by atoms with van der Waals surface area (Å²) in [4.78, 5) is 9.43. The molecule has 0 bridgehead atoms. The van der Waals surface area contributed by atoms with Gasteiger partial charge in [0.1, 0.15) is 5.82 Å². The van der Waals surface area contributed by atoms with Crippen molar-refractivity contribution in [3.63, 3.8) is 0 Å². The van der Waals surface area contributed by atoms with Gasteiger partial charge in [-0.1, -0.05) is 19.1 Å². The molecule has 0 radical (unpaired) electrons. The van der Waals surface area contributed by atoms with Crippen LogP contribution in [-0.4, -0.2) is 68.6 Å². The maximum atomic E-state index is 13.6. The standard InChI is InChI=1S/C21H36FN5/c1-5-12-27-13-10-19(11-14-27)25-21(23-6-2)24-16-20(26(3)4)17-8-7-9-18(22)15-17/h7-9,15,19-20H,5-6,10-14,16H2,1-4H3,(H2,23,24,25). The van der Waals surface area contributed by atoms with Crippen LogP contribution in [0, 0.1) is 5.82 Å². The van der Waals surface area contributed by atoms with Crippen molar-refractivity contribution in [2.24, 2.45) is 4.99 Å². The van der Waals surface area contributed by atoms with Crippen LogP contribution >= 0.6 is 0 Å². The number of nitrogens with one attached hydrogen (secondary N) is 2. The molecule has 0 saturated carbocycles. The van der Waals surface area contributed by atoms with Gasteiger partial charge >= 0.3 is 0 Å². The number of halogens is 1. The molecule has 5 nitrogen and oxygen atoms in total. The Bertz CT molecular complexity index is 582. The highest BCUT2D eigenvalue weighted by atomic mass is 19.1. The Labute approximate surface area is 164 Å². The van der Waals surface area contributed by atoms with Gasteiger partial charge in [0.2, 0.25) is 0 Å². The molecule has 0 aromatic heterocycles. The van der Waals surface area contributed by atoms with Crippen LogP contribution in [0.15, 0.2) is 29.3 Å². The third kappa shape index (κ3) is 7.11. The number of nitrogens with zero attached hydrogens (tertiary/aromatic N) is 3. The minimum atomic E-state index is -0.202. The molecule has 27 heavy (non-hydrogen) atoms. The molecule has 1 atom stereocenters. The Morgan fingerprint density at radius 2 is 2.04 bits per heavy atom. The fraction of sp³-hybridized carbons (Fsp3) is 0.667. The van der Waals surface area contributed by atoms with Crippen LogP contribution in [0.3, 0.4) is 0 Å². The van der Waals surface area contributed by atoms with Crippen LogP contribution in [-0.2, 0) is 0 Å². The number of likely N-dealkylation sites (tertiary alicyclic amines) is 1. The average molecular weight is 378 g/mol. The number of guanidine groups is 1. The predicted octanol–water partition coefficient (Wildman–Crippen LogP) is 2.86. The smallest absolute Gasteiger partial charge is 0.191 e. The van der Waals surface area contributed by atoms with Gasteiger partial charge in [-0.2, -0.15) is 0 Å². The van der Waals surface area contributed by atoms with Gasteiger partial charge in [0.15, 0.2) is 5.96 Å². The Morgan fingerprint density at radius 3 is 2.63 bits per heavy atom. The van der Waals surface area contributed by atoms with Crippen LogP contribution in [0.5, 0.6) is 0 Å². The normalized spacial score (nSPS) is 17.9. The summed E-state index contributed by atoms with van der Waals surface area (Å²) in [6.45, 7) is 9.22. The second-order valence-corrected chi connectivity index (χ2v) is 7.51. The molecule has 1 saturated heterocycles. The molecule has 0 aliphatic carbocycles. The first kappa shape index (κ1) is 21.6. The summed E-state index contributed by atoms with van der Waals surface area (Å²) in [5.74, 6) is 0.655. The summed E-state index contributed by atoms with van der Waals surface area (Å²) in [5, 5.41) is 6.95. The number of hydrogen-bond acceptors (Lipinski definition) is 3. The molecule has 1 aromatic carbocycles. The zero-order valence-corrected chi connectivity index (χ0v) is 17.3. The molecule has 152 valence electrons. The first-order chi connectivity index (χ1) is 13.0. The third-order valence-electron chi connectivity index (χ3n) is 5.09. The first-order valence-corrected chi connectivity index (χ1v) is 10.2. The van der Waals surface area contributed by atoms with Crippen LogP contribution in [0.25, 0.3) is 0 Å². The largest absolute Gasteiger partial charge is 0.357 e. The maximum Gasteiger partial charge on any atom is 0.191 e. The lowest BCUT2D eigenvalue weighted by atomic mass is 10.0. The Hall–Kier alpha value is -1.66. The van der Waals surface area contributed by atoms with Crippen molar-refractivity contribution in [2.75, 3.05) is 46.8 Å². The molecule has 2 N–H and O–H groups in total. The van der Waals surface area contributed by atoms with E-state index in [0.717, 1.165) is 44.0 Å². The summed E-state index contributed by atoms with van der Waals surface area (Å²) >= 11 is 0. The molecule has 1 heterocycles. The lowest BCUT2D eigenvalue weighted by Gasteiger charge is -2.33. The summed E-state index contributed by atoms with van der Waals surface area (Å²) in [5.41, 5.74) is 0.951. The minimum absolute atomic E-state index is 0.0440. The second kappa shape index (κ2) is 11.2. The zero-order chi connectivity index (χ0) is 19.6. The summed E-state index contributed by atoms with van der Waals surface area (Å²) in [6, 6.07) is 7.32. The van der Waals surface area contributed by atoms with E-state index >= 15 is 0 Å². The SMILES string of the molecule is CCCN1CCC(NC(=NCC(c2cccc(F)c2)N(C)C)NCC)CC1. The van der Waals surface area contributed by atoms with E-state index in [0.29, 0.717) is 12.6 Å². The Balaban J connectivity index is 1.98. The van der Waals surface area contributed by atoms with Crippen molar-refractivity contribution < 1.29 is 4.39 Å². The molecule has 0 amide bonds. The van der Waals surface area contributed by atoms with Crippen LogP contribution in [0.4, 0.5) is 4.39 Å². The van der Waals surface area contributed by atoms with Gasteiger partial charge < -0.3 is 20.4 Å². The molecule has 1 unspecified atom stereocenters. The monoisotopic (exact) mass is 377 g/mol. The number of piperidine rings is 1. The molecule has 0 spiro atoms. The zero-order valence-electron chi connectivity index (χ0n) is 17.3. The van der Waals surface area contributed by atoms with Gasteiger partial charge in [0.05, 0.1) is 12.6 Å². The van der Waals surface area contributed by atoms with Crippen molar-refractivity contribution in [3.8, 4) is 0 Å². The van der Waals surface area contributed by atoms with E-state index in [-0.39, 0.29) is 11.9 Å². The number of benzene rings is 1. The first-order valence-electron chi connectivity index (χ1n) is 10.2. The molecule has 2 rings (SSSR count). The van der Waals surface area contributed by atoms with Gasteiger partial charge in [-0.15, -0.1) is 0 Å². The van der Waals surface area contributed by atoms with E-state index in [1.54, 1.807) is 12.1 Å². The molecule has 6 heteroatoms. The molecule has 1 aliphatic heterocycles. The van der Waals surface area contributed by atoms with Gasteiger partial charge in [-0.3, -0.25) is 4.99 Å². The molecule has 1 aliphatic rings. The van der Waals surface area contributed by atoms with Gasteiger partial charge in [-0.25, -0.2) is 4.39 Å². The highest BCUT2D eigenvalue weighted by molar-refractivity contribution is 5.80. The second-order valence-electron chi connectivity index (χ2n) is 7.51. The van der Waals surface area contributed by atoms with E-state index < -0.39 is 0 Å². The topological polar surface area (TPSA) is 42.9 Å². The van der Waals surface area contributed by atoms with E-state index in [1.807, 2.05) is 20.2 Å². The van der Waals surface area contributed by atoms with Gasteiger partial charge in [0, 0.05) is 25.7 Å². The predicted molar refractivity (Wildman–Crippen MR) is 112 cm³/mol. The highest BCUT2D eigenvalue weighted by Gasteiger charge is 2.20. The third-order valence-corrected chi connectivity index (χ3v) is 5.09. The van der Waals surface area contributed by atoms with Crippen molar-refractivity contribution in [3.05, 3.63) is 35.6 Å². The Kier molecular flexibility index (Phi) is 9.01. The van der Waals surface area contributed by atoms with Crippen LogP contribution < -0.4 is 10.6 Å². The van der Waals surface area contributed by atoms with E-state index in [1.165, 1.54) is 19.0 Å². The van der Waals surface area contributed by atoms with Gasteiger partial charge in [0.25, 0.3) is 0 Å². The van der Waals surface area contributed by atoms with E-state index in [4.69, 9.17) is 4.99 Å². The van der Waals surface area contributed by atoms with Crippen molar-refractivity contribution >= 4 is 5.96 Å². The molecular formula is C21H36FN5. The average Bonchev–Trinajstić information content (AvgIpc) is 2.63. The van der Waals surface area contributed by atoms with Crippen molar-refractivity contribution in [1.82, 2.24) is 20.4 Å². The Morgan fingerprint density at radius 1 is 1.30 bits per heavy atom. The fourth-order valence-electron chi connectivity index (χ4n) is 3.59. The lowest BCUT2D eigenvalue weighted by molar-refractivity contribution is 0.206. The van der Waals surface area contributed by atoms with Crippen LogP contribution in [0.1, 0.15) is 44.7 Å². The lowest BCUT2D eigenvalue weighted by Crippen LogP contribution is -2.49. The van der Waals surface area contributed by atoms with Crippen molar-refractivity contribution in [1.29, 1.82) is 0 Å². The summed E-state index contributed by atoms with van der Waals surface area (Å²) in [6.07, 6.45) is 3.50. The highest BCUT2D eigenvalue weighted by Crippen LogP contribution is 2.19. The van der Waals surface area contributed by atoms with Crippen molar-refractivity contribution in [2.45, 2.75) is 45.2 Å². The van der Waals surface area contributed by atoms with Crippen LogP contribution in [0.2, 0.25) is 0 Å². The molecular weight excluding hydrogens is 341 g/mol. The van der Waals surface area contributed by atoms with E-state index in [9.17, 15) is 4.39 Å². The number of rotatable bonds is 8. The number of aliphatic imine (C=N–C) groups is 1. The summed E-state index contributed by atoms with van der Waals surface area (Å²) < 4.78 is 13.6.